The number of hydrogen-bond donors (Lipinski definition) is 2. The van der Waals surface area contributed by atoms with Gasteiger partial charge in [-0.2, -0.15) is 0 Å². The van der Waals surface area contributed by atoms with Crippen molar-refractivity contribution in [2.24, 2.45) is 5.73 Å². The molecule has 4 nitrogen and oxygen atoms in total. The number of rotatable bonds is 4. The van der Waals surface area contributed by atoms with Gasteiger partial charge in [0.25, 0.3) is 0 Å². The smallest absolute Gasteiger partial charge is 0.148 e. The number of hydrogen-bond acceptors (Lipinski definition) is 4. The van der Waals surface area contributed by atoms with Crippen LogP contribution in [-0.2, 0) is 0 Å². The maximum atomic E-state index is 5.87. The Balaban J connectivity index is 2.25. The van der Waals surface area contributed by atoms with Gasteiger partial charge >= 0.3 is 0 Å². The van der Waals surface area contributed by atoms with Crippen LogP contribution in [0, 0.1) is 6.92 Å². The Labute approximate surface area is 101 Å². The lowest BCUT2D eigenvalue weighted by molar-refractivity contribution is 0.677. The lowest BCUT2D eigenvalue weighted by Gasteiger charge is -2.12. The Hall–Kier alpha value is -1.68. The molecule has 1 unspecified atom stereocenters. The second-order valence-electron chi connectivity index (χ2n) is 4.20. The van der Waals surface area contributed by atoms with Crippen LogP contribution in [0.5, 0.6) is 0 Å². The quantitative estimate of drug-likeness (QED) is 0.844. The predicted octanol–water partition coefficient (Wildman–Crippen LogP) is 2.09. The Morgan fingerprint density at radius 1 is 1.24 bits per heavy atom. The van der Waals surface area contributed by atoms with E-state index in [0.29, 0.717) is 0 Å². The Morgan fingerprint density at radius 3 is 2.53 bits per heavy atom. The molecule has 0 aliphatic carbocycles. The molecule has 0 aliphatic heterocycles. The van der Waals surface area contributed by atoms with E-state index in [1.165, 1.54) is 0 Å². The Bertz CT molecular complexity index is 510. The molecule has 1 atom stereocenters. The molecule has 4 heteroatoms. The fourth-order valence-corrected chi connectivity index (χ4v) is 1.63. The summed E-state index contributed by atoms with van der Waals surface area (Å²) in [7, 11) is 0. The zero-order valence-electron chi connectivity index (χ0n) is 10.3. The van der Waals surface area contributed by atoms with E-state index in [1.54, 1.807) is 0 Å². The summed E-state index contributed by atoms with van der Waals surface area (Å²) in [4.78, 5) is 9.07. The van der Waals surface area contributed by atoms with E-state index in [2.05, 4.69) is 22.2 Å². The van der Waals surface area contributed by atoms with Crippen LogP contribution in [0.15, 0.2) is 24.3 Å². The molecule has 2 aromatic rings. The zero-order chi connectivity index (χ0) is 12.3. The first-order chi connectivity index (χ1) is 8.20. The van der Waals surface area contributed by atoms with Gasteiger partial charge in [0, 0.05) is 12.6 Å². The van der Waals surface area contributed by atoms with Gasteiger partial charge in [-0.25, -0.2) is 9.97 Å². The number of benzene rings is 1. The molecule has 0 amide bonds. The normalized spacial score (nSPS) is 12.6. The summed E-state index contributed by atoms with van der Waals surface area (Å²) in [5.74, 6) is 0.826. The van der Waals surface area contributed by atoms with Crippen LogP contribution in [0.4, 0.5) is 5.82 Å². The predicted molar refractivity (Wildman–Crippen MR) is 71.0 cm³/mol. The highest BCUT2D eigenvalue weighted by Gasteiger charge is 2.05. The van der Waals surface area contributed by atoms with Crippen molar-refractivity contribution in [2.45, 2.75) is 26.3 Å². The molecule has 1 aromatic heterocycles. The van der Waals surface area contributed by atoms with Gasteiger partial charge in [0.15, 0.2) is 0 Å². The van der Waals surface area contributed by atoms with Gasteiger partial charge in [-0.15, -0.1) is 0 Å². The average Bonchev–Trinajstić information content (AvgIpc) is 2.35. The maximum Gasteiger partial charge on any atom is 0.148 e. The van der Waals surface area contributed by atoms with E-state index in [0.717, 1.165) is 35.5 Å². The van der Waals surface area contributed by atoms with Crippen molar-refractivity contribution in [1.29, 1.82) is 0 Å². The molecular weight excluding hydrogens is 212 g/mol. The first-order valence-electron chi connectivity index (χ1n) is 5.93. The largest absolute Gasteiger partial charge is 0.367 e. The number of nitrogens with one attached hydrogen (secondary N) is 1. The van der Waals surface area contributed by atoms with Gasteiger partial charge in [-0.3, -0.25) is 0 Å². The maximum absolute atomic E-state index is 5.87. The third-order valence-corrected chi connectivity index (χ3v) is 2.80. The minimum absolute atomic E-state index is 0.155. The SMILES string of the molecule is CCC(N)CNc1nc2ccccc2nc1C. The Kier molecular flexibility index (Phi) is 3.54. The fraction of sp³-hybridized carbons (Fsp3) is 0.385. The third-order valence-electron chi connectivity index (χ3n) is 2.80. The summed E-state index contributed by atoms with van der Waals surface area (Å²) in [6, 6.07) is 8.02. The van der Waals surface area contributed by atoms with E-state index in [-0.39, 0.29) is 6.04 Å². The summed E-state index contributed by atoms with van der Waals surface area (Å²) < 4.78 is 0. The molecule has 1 heterocycles. The lowest BCUT2D eigenvalue weighted by atomic mass is 10.2. The molecule has 0 saturated carbocycles. The van der Waals surface area contributed by atoms with Crippen molar-refractivity contribution in [1.82, 2.24) is 9.97 Å². The number of nitrogens with two attached hydrogens (primary N) is 1. The van der Waals surface area contributed by atoms with Crippen LogP contribution < -0.4 is 11.1 Å². The molecule has 3 N–H and O–H groups in total. The van der Waals surface area contributed by atoms with Gasteiger partial charge < -0.3 is 11.1 Å². The first kappa shape index (κ1) is 11.8. The van der Waals surface area contributed by atoms with Crippen molar-refractivity contribution in [3.05, 3.63) is 30.0 Å². The van der Waals surface area contributed by atoms with Gasteiger partial charge in [0.05, 0.1) is 16.7 Å². The van der Waals surface area contributed by atoms with Crippen LogP contribution >= 0.6 is 0 Å². The minimum Gasteiger partial charge on any atom is -0.367 e. The van der Waals surface area contributed by atoms with Crippen LogP contribution in [0.2, 0.25) is 0 Å². The number of para-hydroxylation sites is 2. The van der Waals surface area contributed by atoms with Crippen LogP contribution in [-0.4, -0.2) is 22.6 Å². The molecule has 0 spiro atoms. The topological polar surface area (TPSA) is 63.8 Å². The number of anilines is 1. The Morgan fingerprint density at radius 2 is 1.88 bits per heavy atom. The molecule has 1 aromatic carbocycles. The van der Waals surface area contributed by atoms with E-state index in [4.69, 9.17) is 5.73 Å². The van der Waals surface area contributed by atoms with Gasteiger partial charge in [0.2, 0.25) is 0 Å². The van der Waals surface area contributed by atoms with Crippen molar-refractivity contribution < 1.29 is 0 Å². The molecule has 90 valence electrons. The summed E-state index contributed by atoms with van der Waals surface area (Å²) >= 11 is 0. The molecule has 0 bridgehead atoms. The minimum atomic E-state index is 0.155. The molecule has 0 saturated heterocycles. The highest BCUT2D eigenvalue weighted by molar-refractivity contribution is 5.76. The highest BCUT2D eigenvalue weighted by Crippen LogP contribution is 2.15. The van der Waals surface area contributed by atoms with Crippen molar-refractivity contribution >= 4 is 16.9 Å². The monoisotopic (exact) mass is 230 g/mol. The zero-order valence-corrected chi connectivity index (χ0v) is 10.3. The molecule has 0 aliphatic rings. The molecule has 2 rings (SSSR count). The van der Waals surface area contributed by atoms with E-state index in [9.17, 15) is 0 Å². The molecule has 17 heavy (non-hydrogen) atoms. The number of aromatic nitrogens is 2. The number of aryl methyl sites for hydroxylation is 1. The standard InChI is InChI=1S/C13H18N4/c1-3-10(14)8-15-13-9(2)16-11-6-4-5-7-12(11)17-13/h4-7,10H,3,8,14H2,1-2H3,(H,15,17). The highest BCUT2D eigenvalue weighted by atomic mass is 15.0. The molecule has 0 radical (unpaired) electrons. The second-order valence-corrected chi connectivity index (χ2v) is 4.20. The second kappa shape index (κ2) is 5.10. The molecular formula is C13H18N4. The van der Waals surface area contributed by atoms with Crippen LogP contribution in [0.25, 0.3) is 11.0 Å². The third kappa shape index (κ3) is 2.71. The first-order valence-corrected chi connectivity index (χ1v) is 5.93. The number of fused-ring (bicyclic) bond motifs is 1. The van der Waals surface area contributed by atoms with E-state index in [1.807, 2.05) is 31.2 Å². The summed E-state index contributed by atoms with van der Waals surface area (Å²) in [6.07, 6.45) is 0.951. The summed E-state index contributed by atoms with van der Waals surface area (Å²) in [6.45, 7) is 4.76. The molecule has 0 fully saturated rings. The lowest BCUT2D eigenvalue weighted by Crippen LogP contribution is -2.28. The van der Waals surface area contributed by atoms with Crippen LogP contribution in [0.3, 0.4) is 0 Å². The van der Waals surface area contributed by atoms with Gasteiger partial charge in [0.1, 0.15) is 5.82 Å². The fourth-order valence-electron chi connectivity index (χ4n) is 1.63. The van der Waals surface area contributed by atoms with Crippen LogP contribution in [0.1, 0.15) is 19.0 Å². The van der Waals surface area contributed by atoms with Crippen molar-refractivity contribution in [3.63, 3.8) is 0 Å². The van der Waals surface area contributed by atoms with Gasteiger partial charge in [-0.1, -0.05) is 19.1 Å². The number of nitrogens with zero attached hydrogens (tertiary/aromatic N) is 2. The summed E-state index contributed by atoms with van der Waals surface area (Å²) in [5.41, 5.74) is 8.62. The van der Waals surface area contributed by atoms with Gasteiger partial charge in [-0.05, 0) is 25.5 Å². The van der Waals surface area contributed by atoms with E-state index >= 15 is 0 Å². The van der Waals surface area contributed by atoms with Crippen molar-refractivity contribution in [2.75, 3.05) is 11.9 Å². The average molecular weight is 230 g/mol. The summed E-state index contributed by atoms with van der Waals surface area (Å²) in [5, 5.41) is 3.26. The van der Waals surface area contributed by atoms with Crippen molar-refractivity contribution in [3.8, 4) is 0 Å². The van der Waals surface area contributed by atoms with E-state index < -0.39 is 0 Å².